The number of carbonyl (C=O) groups excluding carboxylic acids is 2. The monoisotopic (exact) mass is 460 g/mol. The molecular weight excluding hydrogens is 440 g/mol. The quantitative estimate of drug-likeness (QED) is 0.285. The maximum atomic E-state index is 12.2. The summed E-state index contributed by atoms with van der Waals surface area (Å²) >= 11 is 7.53. The first-order valence-corrected chi connectivity index (χ1v) is 11.5. The van der Waals surface area contributed by atoms with Crippen LogP contribution in [-0.4, -0.2) is 16.7 Å². The second-order valence-corrected chi connectivity index (χ2v) is 8.61. The molecule has 0 atom stereocenters. The van der Waals surface area contributed by atoms with E-state index in [9.17, 15) is 9.59 Å². The highest BCUT2D eigenvalue weighted by Crippen LogP contribution is 2.30. The van der Waals surface area contributed by atoms with Crippen LogP contribution in [0.4, 0.5) is 5.69 Å². The largest absolute Gasteiger partial charge is 0.326 e. The van der Waals surface area contributed by atoms with Crippen molar-refractivity contribution in [3.05, 3.63) is 94.8 Å². The maximum Gasteiger partial charge on any atom is 0.224 e. The number of anilines is 1. The van der Waals surface area contributed by atoms with E-state index in [1.54, 1.807) is 23.5 Å². The first-order valence-electron chi connectivity index (χ1n) is 10.3. The molecule has 0 unspecified atom stereocenters. The number of hydrogen-bond donors (Lipinski definition) is 1. The normalized spacial score (nSPS) is 10.7. The van der Waals surface area contributed by atoms with Gasteiger partial charge >= 0.3 is 0 Å². The fourth-order valence-corrected chi connectivity index (χ4v) is 4.22. The van der Waals surface area contributed by atoms with Gasteiger partial charge in [0, 0.05) is 45.6 Å². The number of hydrogen-bond acceptors (Lipinski definition) is 4. The molecule has 0 bridgehead atoms. The molecule has 32 heavy (non-hydrogen) atoms. The molecule has 1 aromatic heterocycles. The van der Waals surface area contributed by atoms with E-state index in [2.05, 4.69) is 5.32 Å². The van der Waals surface area contributed by atoms with Gasteiger partial charge in [-0.3, -0.25) is 9.59 Å². The molecule has 1 N–H and O–H groups in total. The number of nitrogens with zero attached hydrogens (tertiary/aromatic N) is 1. The van der Waals surface area contributed by atoms with Crippen LogP contribution in [0.25, 0.3) is 21.8 Å². The summed E-state index contributed by atoms with van der Waals surface area (Å²) in [5, 5.41) is 6.53. The van der Waals surface area contributed by atoms with Crippen LogP contribution in [0.5, 0.6) is 0 Å². The number of aromatic nitrogens is 1. The van der Waals surface area contributed by atoms with Gasteiger partial charge in [-0.1, -0.05) is 66.2 Å². The topological polar surface area (TPSA) is 59.1 Å². The van der Waals surface area contributed by atoms with Gasteiger partial charge in [0.2, 0.25) is 5.91 Å². The minimum Gasteiger partial charge on any atom is -0.326 e. The number of benzene rings is 3. The number of carbonyl (C=O) groups is 2. The van der Waals surface area contributed by atoms with Gasteiger partial charge in [-0.15, -0.1) is 11.3 Å². The second kappa shape index (κ2) is 10.4. The number of halogens is 1. The third-order valence-electron chi connectivity index (χ3n) is 4.96. The van der Waals surface area contributed by atoms with Crippen molar-refractivity contribution in [2.75, 3.05) is 5.32 Å². The summed E-state index contributed by atoms with van der Waals surface area (Å²) in [6.07, 6.45) is 1.18. The average Bonchev–Trinajstić information content (AvgIpc) is 3.31. The molecule has 1 heterocycles. The van der Waals surface area contributed by atoms with E-state index >= 15 is 0 Å². The predicted molar refractivity (Wildman–Crippen MR) is 131 cm³/mol. The van der Waals surface area contributed by atoms with Crippen LogP contribution in [0.15, 0.2) is 84.2 Å². The standard InChI is InChI=1S/C26H21ClN2O2S/c27-21-13-9-20(10-14-21)26-29-23(17-32-26)18-11-15-22(16-12-18)28-25(31)8-4-7-24(30)19-5-2-1-3-6-19/h1-3,5-6,9-17H,4,7-8H2,(H,28,31). The number of thiazole rings is 1. The number of ketones is 1. The van der Waals surface area contributed by atoms with Gasteiger partial charge in [0.25, 0.3) is 0 Å². The Bertz CT molecular complexity index is 1200. The fraction of sp³-hybridized carbons (Fsp3) is 0.115. The Morgan fingerprint density at radius 1 is 0.844 bits per heavy atom. The van der Waals surface area contributed by atoms with E-state index in [0.717, 1.165) is 27.5 Å². The van der Waals surface area contributed by atoms with Crippen LogP contribution in [0, 0.1) is 0 Å². The zero-order valence-electron chi connectivity index (χ0n) is 17.3. The van der Waals surface area contributed by atoms with E-state index in [4.69, 9.17) is 16.6 Å². The highest BCUT2D eigenvalue weighted by Gasteiger charge is 2.09. The fourth-order valence-electron chi connectivity index (χ4n) is 3.26. The molecular formula is C26H21ClN2O2S. The zero-order chi connectivity index (χ0) is 22.3. The molecule has 3 aromatic carbocycles. The summed E-state index contributed by atoms with van der Waals surface area (Å²) < 4.78 is 0. The third-order valence-corrected chi connectivity index (χ3v) is 6.11. The van der Waals surface area contributed by atoms with Crippen LogP contribution in [0.3, 0.4) is 0 Å². The van der Waals surface area contributed by atoms with Crippen LogP contribution in [0.2, 0.25) is 5.02 Å². The van der Waals surface area contributed by atoms with Gasteiger partial charge in [-0.25, -0.2) is 4.98 Å². The Balaban J connectivity index is 1.29. The Hall–Kier alpha value is -3.28. The second-order valence-electron chi connectivity index (χ2n) is 7.31. The lowest BCUT2D eigenvalue weighted by atomic mass is 10.1. The molecule has 4 rings (SSSR count). The number of nitrogens with one attached hydrogen (secondary N) is 1. The highest BCUT2D eigenvalue weighted by molar-refractivity contribution is 7.13. The van der Waals surface area contributed by atoms with Gasteiger partial charge in [0.1, 0.15) is 5.01 Å². The minimum absolute atomic E-state index is 0.0592. The molecule has 4 nitrogen and oxygen atoms in total. The van der Waals surface area contributed by atoms with Crippen molar-refractivity contribution >= 4 is 40.3 Å². The molecule has 0 spiro atoms. The van der Waals surface area contributed by atoms with Crippen molar-refractivity contribution in [1.82, 2.24) is 4.98 Å². The molecule has 0 fully saturated rings. The van der Waals surface area contributed by atoms with Crippen molar-refractivity contribution in [3.63, 3.8) is 0 Å². The maximum absolute atomic E-state index is 12.2. The van der Waals surface area contributed by atoms with Crippen LogP contribution in [-0.2, 0) is 4.79 Å². The summed E-state index contributed by atoms with van der Waals surface area (Å²) in [4.78, 5) is 29.1. The number of Topliss-reactive ketones (excluding diaryl/α,β-unsaturated/α-hetero) is 1. The molecule has 0 aliphatic heterocycles. The van der Waals surface area contributed by atoms with Crippen molar-refractivity contribution in [1.29, 1.82) is 0 Å². The molecule has 0 saturated heterocycles. The van der Waals surface area contributed by atoms with Crippen molar-refractivity contribution in [2.45, 2.75) is 19.3 Å². The highest BCUT2D eigenvalue weighted by atomic mass is 35.5. The van der Waals surface area contributed by atoms with Crippen molar-refractivity contribution < 1.29 is 9.59 Å². The Kier molecular flexibility index (Phi) is 7.10. The first kappa shape index (κ1) is 21.9. The lowest BCUT2D eigenvalue weighted by Crippen LogP contribution is -2.12. The van der Waals surface area contributed by atoms with Gasteiger partial charge in [-0.2, -0.15) is 0 Å². The van der Waals surface area contributed by atoms with E-state index in [-0.39, 0.29) is 11.7 Å². The minimum atomic E-state index is -0.0997. The SMILES string of the molecule is O=C(CCCC(=O)c1ccccc1)Nc1ccc(-c2csc(-c3ccc(Cl)cc3)n2)cc1. The molecule has 4 aromatic rings. The summed E-state index contributed by atoms with van der Waals surface area (Å²) in [5.41, 5.74) is 4.30. The van der Waals surface area contributed by atoms with Crippen molar-refractivity contribution in [2.24, 2.45) is 0 Å². The average molecular weight is 461 g/mol. The van der Waals surface area contributed by atoms with E-state index < -0.39 is 0 Å². The molecule has 0 saturated carbocycles. The summed E-state index contributed by atoms with van der Waals surface area (Å²) in [6, 6.07) is 24.4. The third kappa shape index (κ3) is 5.69. The molecule has 1 amide bonds. The summed E-state index contributed by atoms with van der Waals surface area (Å²) in [7, 11) is 0. The lowest BCUT2D eigenvalue weighted by Gasteiger charge is -2.06. The van der Waals surface area contributed by atoms with Crippen LogP contribution in [0.1, 0.15) is 29.6 Å². The summed E-state index contributed by atoms with van der Waals surface area (Å²) in [6.45, 7) is 0. The van der Waals surface area contributed by atoms with Crippen LogP contribution < -0.4 is 5.32 Å². The molecule has 160 valence electrons. The molecule has 6 heteroatoms. The Labute approximate surface area is 195 Å². The zero-order valence-corrected chi connectivity index (χ0v) is 18.8. The van der Waals surface area contributed by atoms with Gasteiger partial charge in [0.15, 0.2) is 5.78 Å². The van der Waals surface area contributed by atoms with Gasteiger partial charge in [-0.05, 0) is 30.7 Å². The lowest BCUT2D eigenvalue weighted by molar-refractivity contribution is -0.116. The summed E-state index contributed by atoms with van der Waals surface area (Å²) in [5.74, 6) is -0.0405. The molecule has 0 aliphatic carbocycles. The molecule has 0 aliphatic rings. The number of rotatable bonds is 8. The Morgan fingerprint density at radius 2 is 1.53 bits per heavy atom. The Morgan fingerprint density at radius 3 is 2.25 bits per heavy atom. The first-order chi connectivity index (χ1) is 15.6. The van der Waals surface area contributed by atoms with Crippen LogP contribution >= 0.6 is 22.9 Å². The molecule has 0 radical (unpaired) electrons. The van der Waals surface area contributed by atoms with Gasteiger partial charge < -0.3 is 5.32 Å². The predicted octanol–water partition coefficient (Wildman–Crippen LogP) is 7.12. The van der Waals surface area contributed by atoms with E-state index in [0.29, 0.717) is 29.8 Å². The van der Waals surface area contributed by atoms with E-state index in [1.807, 2.05) is 72.1 Å². The number of amides is 1. The van der Waals surface area contributed by atoms with Gasteiger partial charge in [0.05, 0.1) is 5.69 Å². The smallest absolute Gasteiger partial charge is 0.224 e. The van der Waals surface area contributed by atoms with E-state index in [1.165, 1.54) is 0 Å². The van der Waals surface area contributed by atoms with Crippen molar-refractivity contribution in [3.8, 4) is 21.8 Å².